The lowest BCUT2D eigenvalue weighted by Crippen LogP contribution is -2.46. The molecule has 1 aromatic rings. The Hall–Kier alpha value is -1.89. The van der Waals surface area contributed by atoms with E-state index in [1.165, 1.54) is 6.33 Å². The van der Waals surface area contributed by atoms with Crippen molar-refractivity contribution in [3.8, 4) is 0 Å². The molecule has 1 heterocycles. The number of aromatic nitrogens is 2. The first-order chi connectivity index (χ1) is 7.63. The first-order valence-corrected chi connectivity index (χ1v) is 4.89. The molecule has 16 heavy (non-hydrogen) atoms. The molecule has 0 saturated heterocycles. The van der Waals surface area contributed by atoms with Crippen LogP contribution >= 0.6 is 0 Å². The van der Waals surface area contributed by atoms with Gasteiger partial charge in [-0.05, 0) is 0 Å². The Bertz CT molecular complexity index is 349. The average Bonchev–Trinajstić information content (AvgIpc) is 2.69. The fourth-order valence-electron chi connectivity index (χ4n) is 1.24. The van der Waals surface area contributed by atoms with E-state index >= 15 is 0 Å². The Labute approximate surface area is 92.6 Å². The van der Waals surface area contributed by atoms with Crippen LogP contribution in [-0.2, 0) is 16.0 Å². The molecule has 7 heteroatoms. The smallest absolute Gasteiger partial charge is 0.240 e. The van der Waals surface area contributed by atoms with Gasteiger partial charge in [-0.15, -0.1) is 0 Å². The van der Waals surface area contributed by atoms with Crippen molar-refractivity contribution in [2.45, 2.75) is 18.9 Å². The molecule has 0 aliphatic carbocycles. The van der Waals surface area contributed by atoms with E-state index in [9.17, 15) is 9.59 Å². The van der Waals surface area contributed by atoms with E-state index < -0.39 is 11.9 Å². The van der Waals surface area contributed by atoms with Crippen molar-refractivity contribution in [2.24, 2.45) is 11.5 Å². The van der Waals surface area contributed by atoms with Crippen LogP contribution in [-0.4, -0.2) is 34.4 Å². The highest BCUT2D eigenvalue weighted by Crippen LogP contribution is 1.98. The number of carbonyl (C=O) groups excluding carboxylic acids is 2. The number of hydrogen-bond acceptors (Lipinski definition) is 4. The lowest BCUT2D eigenvalue weighted by molar-refractivity contribution is -0.127. The molecule has 0 aliphatic heterocycles. The summed E-state index contributed by atoms with van der Waals surface area (Å²) < 4.78 is 0. The highest BCUT2D eigenvalue weighted by molar-refractivity contribution is 5.86. The van der Waals surface area contributed by atoms with Gasteiger partial charge in [0, 0.05) is 31.3 Å². The first kappa shape index (κ1) is 12.2. The van der Waals surface area contributed by atoms with E-state index in [0.29, 0.717) is 6.42 Å². The minimum atomic E-state index is -0.737. The van der Waals surface area contributed by atoms with E-state index in [1.807, 2.05) is 0 Å². The Morgan fingerprint density at radius 3 is 2.81 bits per heavy atom. The topological polar surface area (TPSA) is 127 Å². The van der Waals surface area contributed by atoms with E-state index in [-0.39, 0.29) is 18.9 Å². The second kappa shape index (κ2) is 5.86. The molecular weight excluding hydrogens is 210 g/mol. The van der Waals surface area contributed by atoms with Crippen molar-refractivity contribution in [1.29, 1.82) is 0 Å². The van der Waals surface area contributed by atoms with Crippen molar-refractivity contribution < 1.29 is 9.59 Å². The monoisotopic (exact) mass is 225 g/mol. The summed E-state index contributed by atoms with van der Waals surface area (Å²) in [7, 11) is 0. The number of imidazole rings is 1. The quantitative estimate of drug-likeness (QED) is 0.458. The van der Waals surface area contributed by atoms with Gasteiger partial charge in [0.15, 0.2) is 0 Å². The molecule has 1 atom stereocenters. The molecule has 6 N–H and O–H groups in total. The molecule has 2 amide bonds. The summed E-state index contributed by atoms with van der Waals surface area (Å²) in [5, 5.41) is 2.51. The Kier molecular flexibility index (Phi) is 4.46. The van der Waals surface area contributed by atoms with Crippen molar-refractivity contribution in [2.75, 3.05) is 6.54 Å². The van der Waals surface area contributed by atoms with Crippen LogP contribution in [0, 0.1) is 0 Å². The predicted octanol–water partition coefficient (Wildman–Crippen LogP) is -1.73. The number of aromatic amines is 1. The average molecular weight is 225 g/mol. The highest BCUT2D eigenvalue weighted by Gasteiger charge is 2.18. The lowest BCUT2D eigenvalue weighted by Gasteiger charge is -2.14. The molecule has 0 aliphatic rings. The number of rotatable bonds is 6. The maximum absolute atomic E-state index is 11.3. The van der Waals surface area contributed by atoms with Crippen LogP contribution < -0.4 is 16.8 Å². The standard InChI is InChI=1S/C9H15N5O2/c10-2-1-8(15)14-7(9(11)16)3-6-4-12-5-13-6/h4-5,7H,1-3,10H2,(H2,11,16)(H,12,13)(H,14,15). The summed E-state index contributed by atoms with van der Waals surface area (Å²) in [6.45, 7) is 0.237. The molecule has 88 valence electrons. The molecule has 0 bridgehead atoms. The van der Waals surface area contributed by atoms with Crippen LogP contribution in [0.15, 0.2) is 12.5 Å². The Morgan fingerprint density at radius 2 is 2.31 bits per heavy atom. The number of carbonyl (C=O) groups is 2. The van der Waals surface area contributed by atoms with Gasteiger partial charge >= 0.3 is 0 Å². The zero-order chi connectivity index (χ0) is 12.0. The minimum Gasteiger partial charge on any atom is -0.368 e. The fraction of sp³-hybridized carbons (Fsp3) is 0.444. The summed E-state index contributed by atoms with van der Waals surface area (Å²) in [6, 6.07) is -0.737. The molecule has 0 aromatic carbocycles. The SMILES string of the molecule is NCCC(=O)NC(Cc1cnc[nH]1)C(N)=O. The van der Waals surface area contributed by atoms with Crippen LogP contribution in [0.1, 0.15) is 12.1 Å². The second-order valence-electron chi connectivity index (χ2n) is 3.34. The van der Waals surface area contributed by atoms with E-state index in [2.05, 4.69) is 15.3 Å². The summed E-state index contributed by atoms with van der Waals surface area (Å²) in [4.78, 5) is 29.0. The summed E-state index contributed by atoms with van der Waals surface area (Å²) in [5.41, 5.74) is 11.1. The Balaban J connectivity index is 2.54. The predicted molar refractivity (Wildman–Crippen MR) is 57.1 cm³/mol. The van der Waals surface area contributed by atoms with Gasteiger partial charge in [-0.3, -0.25) is 9.59 Å². The molecular formula is C9H15N5O2. The van der Waals surface area contributed by atoms with Crippen LogP contribution in [0.3, 0.4) is 0 Å². The van der Waals surface area contributed by atoms with Crippen LogP contribution in [0.2, 0.25) is 0 Å². The largest absolute Gasteiger partial charge is 0.368 e. The third-order valence-electron chi connectivity index (χ3n) is 2.03. The van der Waals surface area contributed by atoms with Gasteiger partial charge in [0.05, 0.1) is 6.33 Å². The molecule has 1 rings (SSSR count). The molecule has 1 unspecified atom stereocenters. The number of nitrogens with one attached hydrogen (secondary N) is 2. The van der Waals surface area contributed by atoms with E-state index in [4.69, 9.17) is 11.5 Å². The maximum atomic E-state index is 11.3. The Morgan fingerprint density at radius 1 is 1.56 bits per heavy atom. The second-order valence-corrected chi connectivity index (χ2v) is 3.34. The van der Waals surface area contributed by atoms with Crippen molar-refractivity contribution in [3.05, 3.63) is 18.2 Å². The van der Waals surface area contributed by atoms with E-state index in [0.717, 1.165) is 5.69 Å². The third-order valence-corrected chi connectivity index (χ3v) is 2.03. The van der Waals surface area contributed by atoms with Gasteiger partial charge in [-0.25, -0.2) is 4.98 Å². The number of primary amides is 1. The maximum Gasteiger partial charge on any atom is 0.240 e. The van der Waals surface area contributed by atoms with Gasteiger partial charge in [0.1, 0.15) is 6.04 Å². The highest BCUT2D eigenvalue weighted by atomic mass is 16.2. The zero-order valence-electron chi connectivity index (χ0n) is 8.77. The number of nitrogens with zero attached hydrogens (tertiary/aromatic N) is 1. The summed E-state index contributed by atoms with van der Waals surface area (Å²) in [5.74, 6) is -0.870. The van der Waals surface area contributed by atoms with Gasteiger partial charge in [0.25, 0.3) is 0 Å². The number of nitrogens with two attached hydrogens (primary N) is 2. The molecule has 0 radical (unpaired) electrons. The van der Waals surface area contributed by atoms with Crippen LogP contribution in [0.4, 0.5) is 0 Å². The minimum absolute atomic E-state index is 0.173. The van der Waals surface area contributed by atoms with Crippen molar-refractivity contribution in [1.82, 2.24) is 15.3 Å². The lowest BCUT2D eigenvalue weighted by atomic mass is 10.1. The van der Waals surface area contributed by atoms with Gasteiger partial charge in [-0.1, -0.05) is 0 Å². The van der Waals surface area contributed by atoms with Gasteiger partial charge in [0.2, 0.25) is 11.8 Å². The van der Waals surface area contributed by atoms with Crippen LogP contribution in [0.5, 0.6) is 0 Å². The van der Waals surface area contributed by atoms with Crippen molar-refractivity contribution in [3.63, 3.8) is 0 Å². The zero-order valence-corrected chi connectivity index (χ0v) is 8.77. The third kappa shape index (κ3) is 3.70. The number of H-pyrrole nitrogens is 1. The first-order valence-electron chi connectivity index (χ1n) is 4.89. The normalized spacial score (nSPS) is 12.1. The number of hydrogen-bond donors (Lipinski definition) is 4. The van der Waals surface area contributed by atoms with Crippen LogP contribution in [0.25, 0.3) is 0 Å². The summed E-state index contributed by atoms with van der Waals surface area (Å²) >= 11 is 0. The van der Waals surface area contributed by atoms with Gasteiger partial charge in [-0.2, -0.15) is 0 Å². The summed E-state index contributed by atoms with van der Waals surface area (Å²) in [6.07, 6.45) is 3.54. The van der Waals surface area contributed by atoms with E-state index in [1.54, 1.807) is 6.20 Å². The molecule has 0 saturated carbocycles. The van der Waals surface area contributed by atoms with Crippen molar-refractivity contribution >= 4 is 11.8 Å². The molecule has 1 aromatic heterocycles. The fourth-order valence-corrected chi connectivity index (χ4v) is 1.24. The molecule has 7 nitrogen and oxygen atoms in total. The molecule has 0 spiro atoms. The molecule has 0 fully saturated rings. The number of amides is 2. The van der Waals surface area contributed by atoms with Gasteiger partial charge < -0.3 is 21.8 Å².